The van der Waals surface area contributed by atoms with E-state index in [1.54, 1.807) is 0 Å². The first-order valence-corrected chi connectivity index (χ1v) is 10.8. The first kappa shape index (κ1) is 20.9. The number of hydrogen-bond acceptors (Lipinski definition) is 4. The molecule has 2 aromatic carbocycles. The first-order valence-electron chi connectivity index (χ1n) is 9.35. The third kappa shape index (κ3) is 4.99. The van der Waals surface area contributed by atoms with Crippen LogP contribution in [0.25, 0.3) is 0 Å². The van der Waals surface area contributed by atoms with Crippen LogP contribution in [0.15, 0.2) is 53.4 Å². The summed E-state index contributed by atoms with van der Waals surface area (Å²) >= 11 is 0. The molecule has 0 aliphatic carbocycles. The molecule has 9 heteroatoms. The van der Waals surface area contributed by atoms with Gasteiger partial charge in [0, 0.05) is 18.7 Å². The van der Waals surface area contributed by atoms with Gasteiger partial charge >= 0.3 is 0 Å². The van der Waals surface area contributed by atoms with Gasteiger partial charge in [0.05, 0.1) is 10.5 Å². The van der Waals surface area contributed by atoms with Crippen LogP contribution in [0.1, 0.15) is 46.4 Å². The minimum atomic E-state index is -3.60. The Morgan fingerprint density at radius 1 is 0.828 bits per heavy atom. The van der Waals surface area contributed by atoms with Gasteiger partial charge in [-0.2, -0.15) is 4.31 Å². The zero-order chi connectivity index (χ0) is 20.9. The zero-order valence-corrected chi connectivity index (χ0v) is 16.5. The van der Waals surface area contributed by atoms with Gasteiger partial charge < -0.3 is 0 Å². The van der Waals surface area contributed by atoms with Crippen LogP contribution in [0, 0.1) is 5.82 Å². The van der Waals surface area contributed by atoms with Crippen LogP contribution in [0.5, 0.6) is 0 Å². The van der Waals surface area contributed by atoms with E-state index < -0.39 is 27.7 Å². The highest BCUT2D eigenvalue weighted by Crippen LogP contribution is 2.20. The van der Waals surface area contributed by atoms with Gasteiger partial charge in [-0.1, -0.05) is 25.0 Å². The van der Waals surface area contributed by atoms with E-state index in [-0.39, 0.29) is 16.0 Å². The van der Waals surface area contributed by atoms with Crippen molar-refractivity contribution in [1.29, 1.82) is 0 Å². The topological polar surface area (TPSA) is 95.6 Å². The molecule has 2 N–H and O–H groups in total. The third-order valence-corrected chi connectivity index (χ3v) is 6.64. The number of nitrogens with zero attached hydrogens (tertiary/aromatic N) is 1. The lowest BCUT2D eigenvalue weighted by atomic mass is 10.2. The predicted molar refractivity (Wildman–Crippen MR) is 105 cm³/mol. The number of carbonyl (C=O) groups is 2. The van der Waals surface area contributed by atoms with E-state index in [1.807, 2.05) is 0 Å². The number of benzene rings is 2. The Kier molecular flexibility index (Phi) is 6.60. The maximum absolute atomic E-state index is 13.6. The molecular weight excluding hydrogens is 397 g/mol. The fourth-order valence-corrected chi connectivity index (χ4v) is 4.62. The van der Waals surface area contributed by atoms with Crippen LogP contribution in [-0.4, -0.2) is 37.6 Å². The van der Waals surface area contributed by atoms with Crippen LogP contribution >= 0.6 is 0 Å². The van der Waals surface area contributed by atoms with E-state index in [9.17, 15) is 22.4 Å². The number of amides is 2. The molecule has 1 aliphatic heterocycles. The molecule has 0 radical (unpaired) electrons. The summed E-state index contributed by atoms with van der Waals surface area (Å²) in [6.45, 7) is 0.985. The molecule has 1 saturated heterocycles. The second-order valence-electron chi connectivity index (χ2n) is 6.73. The lowest BCUT2D eigenvalue weighted by Gasteiger charge is -2.20. The van der Waals surface area contributed by atoms with Crippen molar-refractivity contribution in [2.45, 2.75) is 30.6 Å². The predicted octanol–water partition coefficient (Wildman–Crippen LogP) is 2.47. The molecule has 0 spiro atoms. The fraction of sp³-hybridized carbons (Fsp3) is 0.300. The number of hydrogen-bond donors (Lipinski definition) is 2. The molecule has 7 nitrogen and oxygen atoms in total. The summed E-state index contributed by atoms with van der Waals surface area (Å²) in [6.07, 6.45) is 3.70. The van der Waals surface area contributed by atoms with Crippen LogP contribution in [0.2, 0.25) is 0 Å². The van der Waals surface area contributed by atoms with Gasteiger partial charge in [-0.3, -0.25) is 20.4 Å². The van der Waals surface area contributed by atoms with Crippen molar-refractivity contribution in [2.75, 3.05) is 13.1 Å². The summed E-state index contributed by atoms with van der Waals surface area (Å²) < 4.78 is 40.6. The highest BCUT2D eigenvalue weighted by Gasteiger charge is 2.25. The molecule has 154 valence electrons. The number of rotatable bonds is 4. The quantitative estimate of drug-likeness (QED) is 0.745. The summed E-state index contributed by atoms with van der Waals surface area (Å²) in [5, 5.41) is 0. The molecule has 2 aromatic rings. The maximum Gasteiger partial charge on any atom is 0.272 e. The van der Waals surface area contributed by atoms with E-state index in [4.69, 9.17) is 0 Å². The van der Waals surface area contributed by atoms with Gasteiger partial charge in [0.15, 0.2) is 0 Å². The molecule has 0 unspecified atom stereocenters. The third-order valence-electron chi connectivity index (χ3n) is 4.73. The van der Waals surface area contributed by atoms with Crippen LogP contribution in [0.4, 0.5) is 4.39 Å². The summed E-state index contributed by atoms with van der Waals surface area (Å²) in [6, 6.07) is 10.9. The lowest BCUT2D eigenvalue weighted by Crippen LogP contribution is -2.42. The van der Waals surface area contributed by atoms with Gasteiger partial charge in [-0.05, 0) is 49.2 Å². The van der Waals surface area contributed by atoms with Crippen molar-refractivity contribution in [3.63, 3.8) is 0 Å². The van der Waals surface area contributed by atoms with Crippen LogP contribution in [0.3, 0.4) is 0 Å². The summed E-state index contributed by atoms with van der Waals surface area (Å²) in [7, 11) is -3.60. The molecule has 1 aliphatic rings. The molecule has 0 saturated carbocycles. The van der Waals surface area contributed by atoms with E-state index in [0.717, 1.165) is 31.7 Å². The summed E-state index contributed by atoms with van der Waals surface area (Å²) in [5.41, 5.74) is 4.28. The van der Waals surface area contributed by atoms with Crippen molar-refractivity contribution < 1.29 is 22.4 Å². The Balaban J connectivity index is 1.64. The van der Waals surface area contributed by atoms with Gasteiger partial charge in [-0.15, -0.1) is 0 Å². The highest BCUT2D eigenvalue weighted by molar-refractivity contribution is 7.89. The Morgan fingerprint density at radius 3 is 2.03 bits per heavy atom. The van der Waals surface area contributed by atoms with Gasteiger partial charge in [0.25, 0.3) is 11.8 Å². The van der Waals surface area contributed by atoms with E-state index in [0.29, 0.717) is 13.1 Å². The first-order chi connectivity index (χ1) is 13.9. The monoisotopic (exact) mass is 419 g/mol. The van der Waals surface area contributed by atoms with E-state index in [1.165, 1.54) is 46.8 Å². The van der Waals surface area contributed by atoms with Crippen LogP contribution in [-0.2, 0) is 10.0 Å². The van der Waals surface area contributed by atoms with E-state index >= 15 is 0 Å². The highest BCUT2D eigenvalue weighted by atomic mass is 32.2. The SMILES string of the molecule is O=C(NNC(=O)c1ccccc1F)c1ccc(S(=O)(=O)N2CCCCCC2)cc1. The molecule has 0 atom stereocenters. The van der Waals surface area contributed by atoms with Gasteiger partial charge in [0.1, 0.15) is 5.82 Å². The molecule has 1 heterocycles. The average Bonchev–Trinajstić information content (AvgIpc) is 3.02. The van der Waals surface area contributed by atoms with Gasteiger partial charge in [-0.25, -0.2) is 12.8 Å². The van der Waals surface area contributed by atoms with Crippen molar-refractivity contribution in [1.82, 2.24) is 15.2 Å². The molecule has 29 heavy (non-hydrogen) atoms. The van der Waals surface area contributed by atoms with Crippen molar-refractivity contribution in [2.24, 2.45) is 0 Å². The summed E-state index contributed by atoms with van der Waals surface area (Å²) in [5.74, 6) is -2.15. The largest absolute Gasteiger partial charge is 0.272 e. The minimum Gasteiger partial charge on any atom is -0.267 e. The Morgan fingerprint density at radius 2 is 1.41 bits per heavy atom. The Bertz CT molecular complexity index is 985. The number of hydrazine groups is 1. The molecule has 2 amide bonds. The average molecular weight is 419 g/mol. The minimum absolute atomic E-state index is 0.117. The molecular formula is C20H22FN3O4S. The Hall–Kier alpha value is -2.78. The van der Waals surface area contributed by atoms with Gasteiger partial charge in [0.2, 0.25) is 10.0 Å². The smallest absolute Gasteiger partial charge is 0.267 e. The second-order valence-corrected chi connectivity index (χ2v) is 8.67. The second kappa shape index (κ2) is 9.15. The van der Waals surface area contributed by atoms with Crippen molar-refractivity contribution in [3.8, 4) is 0 Å². The van der Waals surface area contributed by atoms with Crippen LogP contribution < -0.4 is 10.9 Å². The van der Waals surface area contributed by atoms with Crippen molar-refractivity contribution in [3.05, 3.63) is 65.5 Å². The van der Waals surface area contributed by atoms with Crippen molar-refractivity contribution >= 4 is 21.8 Å². The summed E-state index contributed by atoms with van der Waals surface area (Å²) in [4.78, 5) is 24.3. The normalized spacial score (nSPS) is 15.3. The Labute approximate surface area is 168 Å². The molecule has 0 aromatic heterocycles. The van der Waals surface area contributed by atoms with E-state index in [2.05, 4.69) is 10.9 Å². The molecule has 3 rings (SSSR count). The number of nitrogens with one attached hydrogen (secondary N) is 2. The molecule has 0 bridgehead atoms. The number of carbonyl (C=O) groups excluding carboxylic acids is 2. The lowest BCUT2D eigenvalue weighted by molar-refractivity contribution is 0.0844. The number of sulfonamides is 1. The number of halogens is 1. The fourth-order valence-electron chi connectivity index (χ4n) is 3.11. The standard InChI is InChI=1S/C20H22FN3O4S/c21-18-8-4-3-7-17(18)20(26)23-22-19(25)15-9-11-16(12-10-15)29(27,28)24-13-5-1-2-6-14-24/h3-4,7-12H,1-2,5-6,13-14H2,(H,22,25)(H,23,26). The zero-order valence-electron chi connectivity index (χ0n) is 15.7. The maximum atomic E-state index is 13.6. The molecule has 1 fully saturated rings.